The summed E-state index contributed by atoms with van der Waals surface area (Å²) in [5.74, 6) is 0.913. The van der Waals surface area contributed by atoms with Crippen LogP contribution in [0.5, 0.6) is 0 Å². The van der Waals surface area contributed by atoms with E-state index in [1.165, 1.54) is 12.6 Å². The van der Waals surface area contributed by atoms with Crippen LogP contribution in [0.4, 0.5) is 5.69 Å². The number of hydrogen-bond acceptors (Lipinski definition) is 6. The molecule has 1 aromatic carbocycles. The quantitative estimate of drug-likeness (QED) is 0.495. The largest absolute Gasteiger partial charge is 0.360 e. The number of nitriles is 1. The Balaban J connectivity index is 1.35. The molecular weight excluding hydrogens is 442 g/mol. The van der Waals surface area contributed by atoms with Crippen molar-refractivity contribution in [3.05, 3.63) is 76.9 Å². The third kappa shape index (κ3) is 5.40. The molecule has 2 heterocycles. The first kappa shape index (κ1) is 22.8. The van der Waals surface area contributed by atoms with Crippen LogP contribution >= 0.6 is 0 Å². The number of hydrogen-bond donors (Lipinski definition) is 2. The average Bonchev–Trinajstić information content (AvgIpc) is 3.64. The van der Waals surface area contributed by atoms with E-state index in [4.69, 9.17) is 9.78 Å². The van der Waals surface area contributed by atoms with Gasteiger partial charge in [-0.05, 0) is 61.4 Å². The lowest BCUT2D eigenvalue weighted by Gasteiger charge is -2.31. The molecule has 2 fully saturated rings. The summed E-state index contributed by atoms with van der Waals surface area (Å²) < 4.78 is 5.38. The van der Waals surface area contributed by atoms with Gasteiger partial charge < -0.3 is 15.2 Å². The fourth-order valence-corrected chi connectivity index (χ4v) is 4.72. The van der Waals surface area contributed by atoms with E-state index in [-0.39, 0.29) is 29.5 Å². The van der Waals surface area contributed by atoms with E-state index in [2.05, 4.69) is 20.8 Å². The highest BCUT2D eigenvalue weighted by Gasteiger charge is 2.31. The lowest BCUT2D eigenvalue weighted by Crippen LogP contribution is -2.34. The molecule has 2 amide bonds. The second kappa shape index (κ2) is 10.1. The Bertz CT molecular complexity index is 1250. The summed E-state index contributed by atoms with van der Waals surface area (Å²) in [7, 11) is 0. The molecule has 0 spiro atoms. The molecule has 0 bridgehead atoms. The normalized spacial score (nSPS) is 16.8. The Labute approximate surface area is 203 Å². The summed E-state index contributed by atoms with van der Waals surface area (Å²) in [6.45, 7) is 0. The van der Waals surface area contributed by atoms with Crippen molar-refractivity contribution in [3.63, 3.8) is 0 Å². The van der Waals surface area contributed by atoms with Crippen LogP contribution in [0.25, 0.3) is 0 Å². The van der Waals surface area contributed by atoms with Crippen molar-refractivity contribution in [1.82, 2.24) is 15.5 Å². The number of anilines is 1. The molecule has 0 saturated heterocycles. The highest BCUT2D eigenvalue weighted by Crippen LogP contribution is 2.40. The molecule has 2 aromatic heterocycles. The molecule has 2 saturated carbocycles. The van der Waals surface area contributed by atoms with Crippen molar-refractivity contribution >= 4 is 17.5 Å². The molecule has 3 aromatic rings. The number of nitrogens with one attached hydrogen (secondary N) is 2. The summed E-state index contributed by atoms with van der Waals surface area (Å²) in [6, 6.07) is 14.1. The van der Waals surface area contributed by atoms with E-state index >= 15 is 0 Å². The maximum Gasteiger partial charge on any atom is 0.273 e. The van der Waals surface area contributed by atoms with E-state index in [1.54, 1.807) is 24.3 Å². The number of nitrogens with zero attached hydrogens (tertiary/aromatic N) is 3. The third-order valence-electron chi connectivity index (χ3n) is 6.79. The second-order valence-electron chi connectivity index (χ2n) is 9.36. The standard InChI is InChI=1S/C27H27N5O3/c28-15-21-11-12-22(16-29-21)30-26(33)20-8-4-7-19(13-20)25(18-5-2-1-3-6-18)31-27(34)23-14-24(35-32-23)17-9-10-17/h4,7-8,11-14,16-18,25H,1-3,5-6,9-10H2,(H,30,33)(H,31,34). The summed E-state index contributed by atoms with van der Waals surface area (Å²) in [4.78, 5) is 30.0. The number of carbonyl (C=O) groups excluding carboxylic acids is 2. The highest BCUT2D eigenvalue weighted by atomic mass is 16.5. The molecule has 0 radical (unpaired) electrons. The maximum atomic E-state index is 13.1. The van der Waals surface area contributed by atoms with Crippen LogP contribution in [0.15, 0.2) is 53.2 Å². The molecule has 1 atom stereocenters. The Morgan fingerprint density at radius 2 is 1.86 bits per heavy atom. The lowest BCUT2D eigenvalue weighted by molar-refractivity contribution is 0.0903. The molecule has 2 aliphatic rings. The number of benzene rings is 1. The summed E-state index contributed by atoms with van der Waals surface area (Å²) >= 11 is 0. The topological polar surface area (TPSA) is 121 Å². The van der Waals surface area contributed by atoms with Crippen molar-refractivity contribution in [2.45, 2.75) is 56.9 Å². The van der Waals surface area contributed by atoms with Crippen molar-refractivity contribution < 1.29 is 14.1 Å². The van der Waals surface area contributed by atoms with Gasteiger partial charge in [-0.2, -0.15) is 5.26 Å². The van der Waals surface area contributed by atoms with E-state index < -0.39 is 0 Å². The summed E-state index contributed by atoms with van der Waals surface area (Å²) in [5, 5.41) is 18.9. The fraction of sp³-hybridized carbons (Fsp3) is 0.370. The third-order valence-corrected chi connectivity index (χ3v) is 6.79. The number of carbonyl (C=O) groups is 2. The Hall–Kier alpha value is -3.99. The molecule has 5 rings (SSSR count). The smallest absolute Gasteiger partial charge is 0.273 e. The molecule has 1 unspecified atom stereocenters. The second-order valence-corrected chi connectivity index (χ2v) is 9.36. The predicted molar refractivity (Wildman–Crippen MR) is 129 cm³/mol. The first-order valence-electron chi connectivity index (χ1n) is 12.2. The molecule has 0 aliphatic heterocycles. The predicted octanol–water partition coefficient (Wildman–Crippen LogP) is 5.12. The van der Waals surface area contributed by atoms with Crippen LogP contribution in [-0.4, -0.2) is 22.0 Å². The van der Waals surface area contributed by atoms with Crippen molar-refractivity contribution in [1.29, 1.82) is 5.26 Å². The molecule has 8 heteroatoms. The van der Waals surface area contributed by atoms with Gasteiger partial charge in [0.1, 0.15) is 17.5 Å². The van der Waals surface area contributed by atoms with Crippen LogP contribution in [0.1, 0.15) is 94.8 Å². The minimum Gasteiger partial charge on any atom is -0.360 e. The first-order chi connectivity index (χ1) is 17.1. The van der Waals surface area contributed by atoms with E-state index in [1.807, 2.05) is 24.3 Å². The molecule has 178 valence electrons. The van der Waals surface area contributed by atoms with E-state index in [0.717, 1.165) is 49.8 Å². The average molecular weight is 470 g/mol. The minimum absolute atomic E-state index is 0.229. The number of amides is 2. The van der Waals surface area contributed by atoms with Crippen LogP contribution in [0, 0.1) is 17.2 Å². The van der Waals surface area contributed by atoms with Gasteiger partial charge >= 0.3 is 0 Å². The zero-order chi connectivity index (χ0) is 24.2. The number of aromatic nitrogens is 2. The van der Waals surface area contributed by atoms with E-state index in [0.29, 0.717) is 22.9 Å². The molecule has 2 N–H and O–H groups in total. The highest BCUT2D eigenvalue weighted by molar-refractivity contribution is 6.04. The monoisotopic (exact) mass is 469 g/mol. The number of rotatable bonds is 7. The fourth-order valence-electron chi connectivity index (χ4n) is 4.72. The number of pyridine rings is 1. The van der Waals surface area contributed by atoms with Gasteiger partial charge in [-0.25, -0.2) is 4.98 Å². The zero-order valence-corrected chi connectivity index (χ0v) is 19.4. The van der Waals surface area contributed by atoms with Gasteiger partial charge in [0.25, 0.3) is 11.8 Å². The maximum absolute atomic E-state index is 13.1. The van der Waals surface area contributed by atoms with Gasteiger partial charge in [-0.3, -0.25) is 9.59 Å². The van der Waals surface area contributed by atoms with Crippen LogP contribution < -0.4 is 10.6 Å². The van der Waals surface area contributed by atoms with Gasteiger partial charge in [0.2, 0.25) is 0 Å². The Morgan fingerprint density at radius 1 is 1.03 bits per heavy atom. The van der Waals surface area contributed by atoms with Gasteiger partial charge in [-0.1, -0.05) is 36.6 Å². The van der Waals surface area contributed by atoms with Gasteiger partial charge in [0, 0.05) is 17.5 Å². The molecule has 35 heavy (non-hydrogen) atoms. The molecular formula is C27H27N5O3. The van der Waals surface area contributed by atoms with Crippen LogP contribution in [0.3, 0.4) is 0 Å². The molecule has 2 aliphatic carbocycles. The lowest BCUT2D eigenvalue weighted by atomic mass is 9.80. The zero-order valence-electron chi connectivity index (χ0n) is 19.4. The van der Waals surface area contributed by atoms with Crippen molar-refractivity contribution in [3.8, 4) is 6.07 Å². The van der Waals surface area contributed by atoms with Crippen LogP contribution in [-0.2, 0) is 0 Å². The summed E-state index contributed by atoms with van der Waals surface area (Å²) in [6.07, 6.45) is 9.10. The molecule has 8 nitrogen and oxygen atoms in total. The van der Waals surface area contributed by atoms with E-state index in [9.17, 15) is 9.59 Å². The first-order valence-corrected chi connectivity index (χ1v) is 12.2. The minimum atomic E-state index is -0.280. The van der Waals surface area contributed by atoms with Gasteiger partial charge in [0.05, 0.1) is 17.9 Å². The Morgan fingerprint density at radius 3 is 2.57 bits per heavy atom. The van der Waals surface area contributed by atoms with Gasteiger partial charge in [0.15, 0.2) is 5.69 Å². The van der Waals surface area contributed by atoms with Crippen molar-refractivity contribution in [2.75, 3.05) is 5.32 Å². The van der Waals surface area contributed by atoms with Crippen LogP contribution in [0.2, 0.25) is 0 Å². The Kier molecular flexibility index (Phi) is 6.57. The summed E-state index contributed by atoms with van der Waals surface area (Å²) in [5.41, 5.74) is 2.47. The van der Waals surface area contributed by atoms with Crippen molar-refractivity contribution in [2.24, 2.45) is 5.92 Å². The SMILES string of the molecule is N#Cc1ccc(NC(=O)c2cccc(C(NC(=O)c3cc(C4CC4)on3)C3CCCCC3)c2)cn1. The van der Waals surface area contributed by atoms with Gasteiger partial charge in [-0.15, -0.1) is 0 Å².